The van der Waals surface area contributed by atoms with Crippen LogP contribution in [0.25, 0.3) is 0 Å². The molecule has 1 aliphatic carbocycles. The molecule has 2 rings (SSSR count). The van der Waals surface area contributed by atoms with Gasteiger partial charge in [-0.25, -0.2) is 0 Å². The van der Waals surface area contributed by atoms with E-state index in [0.717, 1.165) is 5.56 Å². The lowest BCUT2D eigenvalue weighted by Crippen LogP contribution is -2.15. The van der Waals surface area contributed by atoms with Crippen molar-refractivity contribution in [2.75, 3.05) is 7.11 Å². The quantitative estimate of drug-likeness (QED) is 0.610. The van der Waals surface area contributed by atoms with Crippen LogP contribution in [-0.2, 0) is 6.54 Å². The molecule has 86 valence electrons. The lowest BCUT2D eigenvalue weighted by Gasteiger charge is -2.08. The van der Waals surface area contributed by atoms with Gasteiger partial charge in [0.25, 0.3) is 5.69 Å². The Bertz CT molecular complexity index is 402. The first-order valence-corrected chi connectivity index (χ1v) is 5.25. The lowest BCUT2D eigenvalue weighted by atomic mass is 10.2. The zero-order valence-corrected chi connectivity index (χ0v) is 9.10. The van der Waals surface area contributed by atoms with Crippen LogP contribution in [0, 0.1) is 10.1 Å². The molecule has 0 aromatic heterocycles. The summed E-state index contributed by atoms with van der Waals surface area (Å²) >= 11 is 0. The van der Waals surface area contributed by atoms with Crippen molar-refractivity contribution < 1.29 is 9.66 Å². The fraction of sp³-hybridized carbons (Fsp3) is 0.455. The monoisotopic (exact) mass is 222 g/mol. The molecule has 0 bridgehead atoms. The molecule has 1 N–H and O–H groups in total. The van der Waals surface area contributed by atoms with Crippen LogP contribution in [-0.4, -0.2) is 18.1 Å². The van der Waals surface area contributed by atoms with E-state index < -0.39 is 4.92 Å². The van der Waals surface area contributed by atoms with Crippen LogP contribution in [0.4, 0.5) is 5.69 Å². The third-order valence-corrected chi connectivity index (χ3v) is 2.64. The van der Waals surface area contributed by atoms with Crippen molar-refractivity contribution in [3.8, 4) is 5.75 Å². The van der Waals surface area contributed by atoms with Crippen LogP contribution in [0.2, 0.25) is 0 Å². The van der Waals surface area contributed by atoms with Gasteiger partial charge in [0, 0.05) is 24.2 Å². The number of benzene rings is 1. The molecule has 1 aliphatic rings. The van der Waals surface area contributed by atoms with Gasteiger partial charge in [-0.3, -0.25) is 10.1 Å². The number of nitrogens with one attached hydrogen (secondary N) is 1. The standard InChI is InChI=1S/C11H14N2O3/c1-16-11-6-10(13(14)15)5-2-8(11)7-12-9-3-4-9/h2,5-6,9,12H,3-4,7H2,1H3. The minimum Gasteiger partial charge on any atom is -0.496 e. The van der Waals surface area contributed by atoms with Crippen LogP contribution in [0.3, 0.4) is 0 Å². The maximum absolute atomic E-state index is 10.6. The highest BCUT2D eigenvalue weighted by atomic mass is 16.6. The van der Waals surface area contributed by atoms with E-state index in [-0.39, 0.29) is 5.69 Å². The molecule has 5 heteroatoms. The summed E-state index contributed by atoms with van der Waals surface area (Å²) in [5, 5.41) is 13.9. The van der Waals surface area contributed by atoms with Crippen LogP contribution in [0.15, 0.2) is 18.2 Å². The Kier molecular flexibility index (Phi) is 3.05. The van der Waals surface area contributed by atoms with Gasteiger partial charge < -0.3 is 10.1 Å². The van der Waals surface area contributed by atoms with E-state index >= 15 is 0 Å². The van der Waals surface area contributed by atoms with Crippen LogP contribution < -0.4 is 10.1 Å². The fourth-order valence-electron chi connectivity index (χ4n) is 1.53. The van der Waals surface area contributed by atoms with Gasteiger partial charge in [0.15, 0.2) is 0 Å². The highest BCUT2D eigenvalue weighted by Crippen LogP contribution is 2.26. The minimum atomic E-state index is -0.416. The summed E-state index contributed by atoms with van der Waals surface area (Å²) in [6, 6.07) is 5.32. The molecule has 0 saturated heterocycles. The molecule has 0 radical (unpaired) electrons. The summed E-state index contributed by atoms with van der Waals surface area (Å²) in [4.78, 5) is 10.2. The highest BCUT2D eigenvalue weighted by molar-refractivity contribution is 5.44. The SMILES string of the molecule is COc1cc([N+](=O)[O-])ccc1CNC1CC1. The summed E-state index contributed by atoms with van der Waals surface area (Å²) in [5.74, 6) is 0.572. The minimum absolute atomic E-state index is 0.0621. The maximum atomic E-state index is 10.6. The summed E-state index contributed by atoms with van der Waals surface area (Å²) in [5.41, 5.74) is 1.02. The van der Waals surface area contributed by atoms with Crippen LogP contribution in [0.1, 0.15) is 18.4 Å². The van der Waals surface area contributed by atoms with Crippen molar-refractivity contribution in [3.63, 3.8) is 0 Å². The van der Waals surface area contributed by atoms with E-state index in [1.165, 1.54) is 32.1 Å². The number of nitro benzene ring substituents is 1. The van der Waals surface area contributed by atoms with Gasteiger partial charge in [0.2, 0.25) is 0 Å². The van der Waals surface area contributed by atoms with Gasteiger partial charge in [-0.1, -0.05) is 0 Å². The number of nitrogens with zero attached hydrogens (tertiary/aromatic N) is 1. The van der Waals surface area contributed by atoms with Gasteiger partial charge in [0.1, 0.15) is 5.75 Å². The molecule has 16 heavy (non-hydrogen) atoms. The van der Waals surface area contributed by atoms with Crippen molar-refractivity contribution in [2.24, 2.45) is 0 Å². The van der Waals surface area contributed by atoms with E-state index in [9.17, 15) is 10.1 Å². The van der Waals surface area contributed by atoms with Gasteiger partial charge in [-0.2, -0.15) is 0 Å². The zero-order valence-electron chi connectivity index (χ0n) is 9.10. The average molecular weight is 222 g/mol. The smallest absolute Gasteiger partial charge is 0.273 e. The molecule has 0 atom stereocenters. The fourth-order valence-corrected chi connectivity index (χ4v) is 1.53. The molecule has 0 heterocycles. The molecule has 0 spiro atoms. The van der Waals surface area contributed by atoms with Gasteiger partial charge >= 0.3 is 0 Å². The Balaban J connectivity index is 2.12. The second-order valence-corrected chi connectivity index (χ2v) is 3.91. The van der Waals surface area contributed by atoms with Crippen molar-refractivity contribution in [1.29, 1.82) is 0 Å². The number of rotatable bonds is 5. The van der Waals surface area contributed by atoms with E-state index in [1.54, 1.807) is 6.07 Å². The third kappa shape index (κ3) is 2.49. The first-order chi connectivity index (χ1) is 7.70. The Morgan fingerprint density at radius 3 is 2.88 bits per heavy atom. The van der Waals surface area contributed by atoms with Crippen molar-refractivity contribution in [1.82, 2.24) is 5.32 Å². The van der Waals surface area contributed by atoms with Crippen molar-refractivity contribution in [3.05, 3.63) is 33.9 Å². The van der Waals surface area contributed by atoms with Crippen molar-refractivity contribution in [2.45, 2.75) is 25.4 Å². The molecule has 0 amide bonds. The topological polar surface area (TPSA) is 64.4 Å². The summed E-state index contributed by atoms with van der Waals surface area (Å²) in [6.07, 6.45) is 2.44. The average Bonchev–Trinajstić information content (AvgIpc) is 3.09. The second-order valence-electron chi connectivity index (χ2n) is 3.91. The largest absolute Gasteiger partial charge is 0.496 e. The molecular formula is C11H14N2O3. The van der Waals surface area contributed by atoms with Crippen molar-refractivity contribution >= 4 is 5.69 Å². The number of ether oxygens (including phenoxy) is 1. The van der Waals surface area contributed by atoms with E-state index in [1.807, 2.05) is 0 Å². The van der Waals surface area contributed by atoms with Crippen LogP contribution >= 0.6 is 0 Å². The molecule has 1 saturated carbocycles. The predicted molar refractivity (Wildman–Crippen MR) is 59.5 cm³/mol. The molecule has 1 aromatic rings. The highest BCUT2D eigenvalue weighted by Gasteiger charge is 2.21. The molecule has 0 aliphatic heterocycles. The van der Waals surface area contributed by atoms with E-state index in [0.29, 0.717) is 18.3 Å². The number of hydrogen-bond donors (Lipinski definition) is 1. The normalized spacial score (nSPS) is 14.8. The molecule has 1 aromatic carbocycles. The summed E-state index contributed by atoms with van der Waals surface area (Å²) in [6.45, 7) is 0.700. The first kappa shape index (κ1) is 10.9. The van der Waals surface area contributed by atoms with Crippen LogP contribution in [0.5, 0.6) is 5.75 Å². The molecule has 5 nitrogen and oxygen atoms in total. The second kappa shape index (κ2) is 4.49. The van der Waals surface area contributed by atoms with Gasteiger partial charge in [-0.05, 0) is 18.9 Å². The number of hydrogen-bond acceptors (Lipinski definition) is 4. The predicted octanol–water partition coefficient (Wildman–Crippen LogP) is 1.86. The first-order valence-electron chi connectivity index (χ1n) is 5.25. The number of non-ortho nitro benzene ring substituents is 1. The Hall–Kier alpha value is -1.62. The van der Waals surface area contributed by atoms with E-state index in [4.69, 9.17) is 4.74 Å². The zero-order chi connectivity index (χ0) is 11.5. The Morgan fingerprint density at radius 1 is 1.56 bits per heavy atom. The Labute approximate surface area is 93.6 Å². The molecule has 0 unspecified atom stereocenters. The third-order valence-electron chi connectivity index (χ3n) is 2.64. The lowest BCUT2D eigenvalue weighted by molar-refractivity contribution is -0.384. The maximum Gasteiger partial charge on any atom is 0.273 e. The van der Waals surface area contributed by atoms with E-state index in [2.05, 4.69) is 5.32 Å². The van der Waals surface area contributed by atoms with Gasteiger partial charge in [0.05, 0.1) is 18.1 Å². The summed E-state index contributed by atoms with van der Waals surface area (Å²) < 4.78 is 5.14. The van der Waals surface area contributed by atoms with Gasteiger partial charge in [-0.15, -0.1) is 0 Å². The number of methoxy groups -OCH3 is 1. The number of nitro groups is 1. The molecule has 1 fully saturated rings. The Morgan fingerprint density at radius 2 is 2.31 bits per heavy atom. The molecular weight excluding hydrogens is 208 g/mol. The summed E-state index contributed by atoms with van der Waals surface area (Å²) in [7, 11) is 1.53.